The van der Waals surface area contributed by atoms with Crippen molar-refractivity contribution in [1.82, 2.24) is 4.57 Å². The molecule has 0 aliphatic carbocycles. The number of amides is 1. The van der Waals surface area contributed by atoms with E-state index in [9.17, 15) is 9.59 Å². The summed E-state index contributed by atoms with van der Waals surface area (Å²) in [5.41, 5.74) is 2.57. The lowest BCUT2D eigenvalue weighted by Gasteiger charge is -2.08. The second-order valence-electron chi connectivity index (χ2n) is 5.73. The second-order valence-corrected chi connectivity index (χ2v) is 6.16. The van der Waals surface area contributed by atoms with Crippen molar-refractivity contribution in [1.29, 1.82) is 0 Å². The average molecular weight is 357 g/mol. The maximum Gasteiger partial charge on any atom is 0.257 e. The first kappa shape index (κ1) is 17.0. The minimum Gasteiger partial charge on any atom is -0.497 e. The molecule has 0 aliphatic rings. The van der Waals surface area contributed by atoms with Gasteiger partial charge in [-0.15, -0.1) is 0 Å². The second kappa shape index (κ2) is 6.61. The summed E-state index contributed by atoms with van der Waals surface area (Å²) in [4.78, 5) is 24.7. The molecule has 3 aromatic rings. The molecule has 0 radical (unpaired) electrons. The molecular formula is C19H17ClN2O3. The third-order valence-electron chi connectivity index (χ3n) is 4.04. The van der Waals surface area contributed by atoms with E-state index in [0.717, 1.165) is 5.56 Å². The molecule has 0 spiro atoms. The summed E-state index contributed by atoms with van der Waals surface area (Å²) in [6.07, 6.45) is 1.54. The molecule has 2 aromatic carbocycles. The van der Waals surface area contributed by atoms with Gasteiger partial charge < -0.3 is 10.1 Å². The number of carbonyl (C=O) groups excluding carboxylic acids is 2. The van der Waals surface area contributed by atoms with Crippen molar-refractivity contribution in [2.24, 2.45) is 0 Å². The number of hydrogen-bond acceptors (Lipinski definition) is 3. The summed E-state index contributed by atoms with van der Waals surface area (Å²) in [6, 6.07) is 10.6. The fourth-order valence-corrected chi connectivity index (χ4v) is 2.87. The highest BCUT2D eigenvalue weighted by molar-refractivity contribution is 6.31. The first-order valence-corrected chi connectivity index (χ1v) is 8.06. The van der Waals surface area contributed by atoms with Crippen LogP contribution in [0.5, 0.6) is 5.75 Å². The molecule has 5 nitrogen and oxygen atoms in total. The van der Waals surface area contributed by atoms with Crippen LogP contribution in [0.1, 0.15) is 27.6 Å². The van der Waals surface area contributed by atoms with E-state index < -0.39 is 0 Å². The van der Waals surface area contributed by atoms with Crippen molar-refractivity contribution >= 4 is 40.0 Å². The summed E-state index contributed by atoms with van der Waals surface area (Å²) < 4.78 is 6.69. The lowest BCUT2D eigenvalue weighted by atomic mass is 10.1. The number of methoxy groups -OCH3 is 1. The van der Waals surface area contributed by atoms with Gasteiger partial charge in [-0.25, -0.2) is 0 Å². The first-order valence-electron chi connectivity index (χ1n) is 7.68. The van der Waals surface area contributed by atoms with Gasteiger partial charge in [-0.3, -0.25) is 14.2 Å². The molecule has 1 heterocycles. The Labute approximate surface area is 150 Å². The number of halogens is 1. The van der Waals surface area contributed by atoms with Crippen LogP contribution in [0.25, 0.3) is 10.9 Å². The molecule has 1 amide bonds. The molecule has 25 heavy (non-hydrogen) atoms. The van der Waals surface area contributed by atoms with Crippen molar-refractivity contribution in [3.8, 4) is 5.75 Å². The van der Waals surface area contributed by atoms with Gasteiger partial charge in [0.2, 0.25) is 5.91 Å². The molecule has 6 heteroatoms. The van der Waals surface area contributed by atoms with E-state index in [2.05, 4.69) is 5.32 Å². The number of benzene rings is 2. The number of anilines is 1. The van der Waals surface area contributed by atoms with Gasteiger partial charge in [0.15, 0.2) is 0 Å². The number of aryl methyl sites for hydroxylation is 1. The molecule has 1 N–H and O–H groups in total. The number of fused-ring (bicyclic) bond motifs is 1. The molecule has 0 aliphatic heterocycles. The van der Waals surface area contributed by atoms with Gasteiger partial charge in [0.25, 0.3) is 5.91 Å². The third-order valence-corrected chi connectivity index (χ3v) is 4.28. The molecule has 0 saturated heterocycles. The molecule has 0 fully saturated rings. The first-order chi connectivity index (χ1) is 11.9. The van der Waals surface area contributed by atoms with Gasteiger partial charge in [0.05, 0.1) is 18.2 Å². The van der Waals surface area contributed by atoms with Crippen LogP contribution in [-0.2, 0) is 0 Å². The zero-order chi connectivity index (χ0) is 18.1. The minimum atomic E-state index is -0.316. The monoisotopic (exact) mass is 356 g/mol. The van der Waals surface area contributed by atoms with E-state index in [-0.39, 0.29) is 11.8 Å². The van der Waals surface area contributed by atoms with E-state index in [0.29, 0.717) is 32.9 Å². The Morgan fingerprint density at radius 1 is 1.16 bits per heavy atom. The van der Waals surface area contributed by atoms with Crippen molar-refractivity contribution < 1.29 is 14.3 Å². The molecule has 0 saturated carbocycles. The van der Waals surface area contributed by atoms with Gasteiger partial charge in [0, 0.05) is 29.2 Å². The highest BCUT2D eigenvalue weighted by Crippen LogP contribution is 2.28. The Hall–Kier alpha value is -2.79. The largest absolute Gasteiger partial charge is 0.497 e. The number of ether oxygens (including phenoxy) is 1. The van der Waals surface area contributed by atoms with Crippen LogP contribution in [0.2, 0.25) is 5.02 Å². The van der Waals surface area contributed by atoms with Gasteiger partial charge in [-0.2, -0.15) is 0 Å². The quantitative estimate of drug-likeness (QED) is 0.750. The Bertz CT molecular complexity index is 992. The van der Waals surface area contributed by atoms with Gasteiger partial charge in [-0.05, 0) is 42.8 Å². The van der Waals surface area contributed by atoms with Crippen LogP contribution in [0.15, 0.2) is 42.6 Å². The maximum atomic E-state index is 12.8. The van der Waals surface area contributed by atoms with E-state index in [1.54, 1.807) is 43.6 Å². The van der Waals surface area contributed by atoms with E-state index in [1.165, 1.54) is 11.5 Å². The Morgan fingerprint density at radius 2 is 1.92 bits per heavy atom. The Kier molecular flexibility index (Phi) is 4.51. The number of carbonyl (C=O) groups is 2. The lowest BCUT2D eigenvalue weighted by molar-refractivity contribution is 0.0941. The fourth-order valence-electron chi connectivity index (χ4n) is 2.70. The van der Waals surface area contributed by atoms with Gasteiger partial charge >= 0.3 is 0 Å². The number of nitrogens with one attached hydrogen (secondary N) is 1. The van der Waals surface area contributed by atoms with Crippen molar-refractivity contribution in [2.45, 2.75) is 13.8 Å². The normalized spacial score (nSPS) is 10.7. The zero-order valence-electron chi connectivity index (χ0n) is 14.1. The van der Waals surface area contributed by atoms with Crippen LogP contribution in [-0.4, -0.2) is 23.5 Å². The topological polar surface area (TPSA) is 60.3 Å². The predicted octanol–water partition coefficient (Wildman–Crippen LogP) is 4.52. The van der Waals surface area contributed by atoms with Crippen molar-refractivity contribution in [3.05, 3.63) is 58.7 Å². The van der Waals surface area contributed by atoms with Crippen LogP contribution >= 0.6 is 11.6 Å². The van der Waals surface area contributed by atoms with Gasteiger partial charge in [-0.1, -0.05) is 17.7 Å². The molecule has 1 aromatic heterocycles. The van der Waals surface area contributed by atoms with Crippen molar-refractivity contribution in [3.63, 3.8) is 0 Å². The number of nitrogens with zero attached hydrogens (tertiary/aromatic N) is 1. The van der Waals surface area contributed by atoms with E-state index >= 15 is 0 Å². The minimum absolute atomic E-state index is 0.173. The SMILES string of the molecule is COc1ccc2c(c1)c(C(=O)Nc1cc(Cl)ccc1C)cn2C(C)=O. The lowest BCUT2D eigenvalue weighted by Crippen LogP contribution is -2.12. The predicted molar refractivity (Wildman–Crippen MR) is 98.9 cm³/mol. The summed E-state index contributed by atoms with van der Waals surface area (Å²) in [6.45, 7) is 3.33. The highest BCUT2D eigenvalue weighted by Gasteiger charge is 2.18. The van der Waals surface area contributed by atoms with E-state index in [4.69, 9.17) is 16.3 Å². The fraction of sp³-hybridized carbons (Fsp3) is 0.158. The number of aromatic nitrogens is 1. The molecule has 0 atom stereocenters. The summed E-state index contributed by atoms with van der Waals surface area (Å²) in [7, 11) is 1.55. The van der Waals surface area contributed by atoms with Crippen LogP contribution in [0.3, 0.4) is 0 Å². The zero-order valence-corrected chi connectivity index (χ0v) is 14.8. The smallest absolute Gasteiger partial charge is 0.257 e. The van der Waals surface area contributed by atoms with Crippen LogP contribution < -0.4 is 10.1 Å². The molecule has 128 valence electrons. The van der Waals surface area contributed by atoms with Crippen LogP contribution in [0, 0.1) is 6.92 Å². The maximum absolute atomic E-state index is 12.8. The van der Waals surface area contributed by atoms with Crippen LogP contribution in [0.4, 0.5) is 5.69 Å². The Morgan fingerprint density at radius 3 is 2.60 bits per heavy atom. The third kappa shape index (κ3) is 3.23. The summed E-state index contributed by atoms with van der Waals surface area (Å²) in [5, 5.41) is 4.04. The summed E-state index contributed by atoms with van der Waals surface area (Å²) >= 11 is 6.01. The molecular weight excluding hydrogens is 340 g/mol. The molecule has 0 unspecified atom stereocenters. The number of hydrogen-bond donors (Lipinski definition) is 1. The standard InChI is InChI=1S/C19H17ClN2O3/c1-11-4-5-13(20)8-17(11)21-19(24)16-10-22(12(2)23)18-7-6-14(25-3)9-15(16)18/h4-10H,1-3H3,(H,21,24). The molecule has 0 bridgehead atoms. The highest BCUT2D eigenvalue weighted by atomic mass is 35.5. The van der Waals surface area contributed by atoms with Gasteiger partial charge in [0.1, 0.15) is 5.75 Å². The molecule has 3 rings (SSSR count). The average Bonchev–Trinajstić information content (AvgIpc) is 2.97. The van der Waals surface area contributed by atoms with Crippen molar-refractivity contribution in [2.75, 3.05) is 12.4 Å². The Balaban J connectivity index is 2.09. The number of rotatable bonds is 3. The summed E-state index contributed by atoms with van der Waals surface area (Å²) in [5.74, 6) is 0.124. The van der Waals surface area contributed by atoms with E-state index in [1.807, 2.05) is 13.0 Å².